The molecule has 0 bridgehead atoms. The average Bonchev–Trinajstić information content (AvgIpc) is 3.08. The first kappa shape index (κ1) is 14.5. The first-order valence-electron chi connectivity index (χ1n) is 7.93. The van der Waals surface area contributed by atoms with Crippen LogP contribution in [-0.2, 0) is 9.53 Å². The van der Waals surface area contributed by atoms with Crippen LogP contribution in [0.5, 0.6) is 0 Å². The van der Waals surface area contributed by atoms with Gasteiger partial charge in [-0.2, -0.15) is 5.10 Å². The Labute approximate surface area is 125 Å². The summed E-state index contributed by atoms with van der Waals surface area (Å²) in [5.41, 5.74) is 0.959. The number of carbonyl (C=O) groups excluding carboxylic acids is 1. The molecule has 1 N–H and O–H groups in total. The predicted molar refractivity (Wildman–Crippen MR) is 78.8 cm³/mol. The van der Waals surface area contributed by atoms with E-state index in [1.807, 2.05) is 11.0 Å². The molecular weight excluding hydrogens is 268 g/mol. The van der Waals surface area contributed by atoms with Gasteiger partial charge in [-0.25, -0.2) is 0 Å². The van der Waals surface area contributed by atoms with Gasteiger partial charge in [-0.1, -0.05) is 6.42 Å². The van der Waals surface area contributed by atoms with Crippen molar-refractivity contribution in [1.82, 2.24) is 20.0 Å². The molecule has 1 aromatic heterocycles. The average molecular weight is 292 g/mol. The van der Waals surface area contributed by atoms with Crippen molar-refractivity contribution < 1.29 is 9.53 Å². The highest BCUT2D eigenvalue weighted by atomic mass is 16.5. The van der Waals surface area contributed by atoms with Crippen molar-refractivity contribution in [2.45, 2.75) is 31.7 Å². The third-order valence-corrected chi connectivity index (χ3v) is 4.42. The largest absolute Gasteiger partial charge is 0.377 e. The maximum Gasteiger partial charge on any atom is 0.224 e. The zero-order valence-corrected chi connectivity index (χ0v) is 12.5. The lowest BCUT2D eigenvalue weighted by Gasteiger charge is -2.35. The minimum atomic E-state index is -0.0184. The molecule has 0 aromatic carbocycles. The molecule has 0 aliphatic carbocycles. The van der Waals surface area contributed by atoms with Gasteiger partial charge >= 0.3 is 0 Å². The molecular formula is C15H24N4O2. The fraction of sp³-hybridized carbons (Fsp3) is 0.733. The van der Waals surface area contributed by atoms with Crippen LogP contribution in [0.25, 0.3) is 0 Å². The first-order chi connectivity index (χ1) is 10.3. The van der Waals surface area contributed by atoms with Gasteiger partial charge < -0.3 is 14.5 Å². The number of hydrogen-bond donors (Lipinski definition) is 1. The molecule has 0 spiro atoms. The Kier molecular flexibility index (Phi) is 4.87. The van der Waals surface area contributed by atoms with Crippen LogP contribution in [-0.4, -0.2) is 65.3 Å². The van der Waals surface area contributed by atoms with Crippen LogP contribution in [0.1, 0.15) is 37.4 Å². The summed E-state index contributed by atoms with van der Waals surface area (Å²) in [5, 5.41) is 6.95. The number of aromatic amines is 1. The van der Waals surface area contributed by atoms with Crippen molar-refractivity contribution in [2.24, 2.45) is 0 Å². The fourth-order valence-electron chi connectivity index (χ4n) is 3.19. The Bertz CT molecular complexity index is 443. The molecule has 116 valence electrons. The maximum atomic E-state index is 12.6. The van der Waals surface area contributed by atoms with E-state index in [9.17, 15) is 4.79 Å². The van der Waals surface area contributed by atoms with Crippen LogP contribution in [0.3, 0.4) is 0 Å². The highest BCUT2D eigenvalue weighted by molar-refractivity contribution is 5.77. The molecule has 6 nitrogen and oxygen atoms in total. The summed E-state index contributed by atoms with van der Waals surface area (Å²) in [7, 11) is 0. The number of piperidine rings is 1. The number of nitrogens with zero attached hydrogens (tertiary/aromatic N) is 3. The van der Waals surface area contributed by atoms with E-state index in [1.54, 1.807) is 6.20 Å². The van der Waals surface area contributed by atoms with Crippen molar-refractivity contribution in [2.75, 3.05) is 39.4 Å². The number of carbonyl (C=O) groups is 1. The van der Waals surface area contributed by atoms with E-state index in [0.29, 0.717) is 26.2 Å². The molecule has 3 heterocycles. The number of H-pyrrole nitrogens is 1. The Balaban J connectivity index is 1.56. The Morgan fingerprint density at radius 2 is 2.19 bits per heavy atom. The summed E-state index contributed by atoms with van der Waals surface area (Å²) in [6, 6.07) is 1.90. The van der Waals surface area contributed by atoms with Crippen LogP contribution in [0.15, 0.2) is 12.3 Å². The van der Waals surface area contributed by atoms with E-state index in [-0.39, 0.29) is 11.9 Å². The highest BCUT2D eigenvalue weighted by Crippen LogP contribution is 2.23. The molecule has 2 aliphatic rings. The Morgan fingerprint density at radius 3 is 2.95 bits per heavy atom. The standard InChI is InChI=1S/C15H24N4O2/c20-15(5-9-18-7-2-1-3-8-18)19-10-11-21-12-14(19)13-4-6-16-17-13/h4,6,14H,1-3,5,7-12H2,(H,16,17)/t14-/m1/s1. The number of nitrogens with one attached hydrogen (secondary N) is 1. The topological polar surface area (TPSA) is 61.5 Å². The normalized spacial score (nSPS) is 24.2. The molecule has 1 atom stereocenters. The van der Waals surface area contributed by atoms with Gasteiger partial charge in [0, 0.05) is 25.7 Å². The second-order valence-electron chi connectivity index (χ2n) is 5.84. The van der Waals surface area contributed by atoms with Gasteiger partial charge in [-0.3, -0.25) is 9.89 Å². The number of likely N-dealkylation sites (tertiary alicyclic amines) is 1. The summed E-state index contributed by atoms with van der Waals surface area (Å²) in [4.78, 5) is 16.9. The van der Waals surface area contributed by atoms with Crippen LogP contribution in [0, 0.1) is 0 Å². The summed E-state index contributed by atoms with van der Waals surface area (Å²) in [6.45, 7) is 5.01. The minimum Gasteiger partial charge on any atom is -0.377 e. The number of rotatable bonds is 4. The van der Waals surface area contributed by atoms with Crippen molar-refractivity contribution >= 4 is 5.91 Å². The first-order valence-corrected chi connectivity index (χ1v) is 7.93. The third-order valence-electron chi connectivity index (χ3n) is 4.42. The van der Waals surface area contributed by atoms with Gasteiger partial charge in [0.2, 0.25) is 5.91 Å². The van der Waals surface area contributed by atoms with E-state index in [2.05, 4.69) is 15.1 Å². The second kappa shape index (κ2) is 7.04. The molecule has 6 heteroatoms. The molecule has 1 amide bonds. The lowest BCUT2D eigenvalue weighted by atomic mass is 10.1. The van der Waals surface area contributed by atoms with E-state index >= 15 is 0 Å². The molecule has 2 fully saturated rings. The predicted octanol–water partition coefficient (Wildman–Crippen LogP) is 1.19. The second-order valence-corrected chi connectivity index (χ2v) is 5.84. The molecule has 2 aliphatic heterocycles. The molecule has 0 radical (unpaired) electrons. The van der Waals surface area contributed by atoms with Gasteiger partial charge in [0.15, 0.2) is 0 Å². The van der Waals surface area contributed by atoms with Crippen LogP contribution < -0.4 is 0 Å². The van der Waals surface area contributed by atoms with E-state index in [1.165, 1.54) is 19.3 Å². The molecule has 3 rings (SSSR count). The monoisotopic (exact) mass is 292 g/mol. The summed E-state index contributed by atoms with van der Waals surface area (Å²) >= 11 is 0. The van der Waals surface area contributed by atoms with Gasteiger partial charge in [-0.05, 0) is 32.0 Å². The molecule has 2 saturated heterocycles. The number of aromatic nitrogens is 2. The van der Waals surface area contributed by atoms with E-state index < -0.39 is 0 Å². The summed E-state index contributed by atoms with van der Waals surface area (Å²) < 4.78 is 5.53. The van der Waals surface area contributed by atoms with E-state index in [4.69, 9.17) is 4.74 Å². The molecule has 0 unspecified atom stereocenters. The number of ether oxygens (including phenoxy) is 1. The Morgan fingerprint density at radius 1 is 1.33 bits per heavy atom. The van der Waals surface area contributed by atoms with Crippen LogP contribution in [0.4, 0.5) is 0 Å². The molecule has 21 heavy (non-hydrogen) atoms. The number of hydrogen-bond acceptors (Lipinski definition) is 4. The van der Waals surface area contributed by atoms with Gasteiger partial charge in [0.05, 0.1) is 24.9 Å². The number of morpholine rings is 1. The highest BCUT2D eigenvalue weighted by Gasteiger charge is 2.29. The summed E-state index contributed by atoms with van der Waals surface area (Å²) in [5.74, 6) is 0.225. The SMILES string of the molecule is O=C(CCN1CCCCC1)N1CCOC[C@@H]1c1ccn[nH]1. The smallest absolute Gasteiger partial charge is 0.224 e. The zero-order chi connectivity index (χ0) is 14.5. The van der Waals surface area contributed by atoms with Crippen molar-refractivity contribution in [3.63, 3.8) is 0 Å². The molecule has 1 aromatic rings. The summed E-state index contributed by atoms with van der Waals surface area (Å²) in [6.07, 6.45) is 6.19. The minimum absolute atomic E-state index is 0.0184. The quantitative estimate of drug-likeness (QED) is 0.905. The molecule has 0 saturated carbocycles. The van der Waals surface area contributed by atoms with Crippen molar-refractivity contribution in [3.05, 3.63) is 18.0 Å². The van der Waals surface area contributed by atoms with Gasteiger partial charge in [-0.15, -0.1) is 0 Å². The van der Waals surface area contributed by atoms with Gasteiger partial charge in [0.1, 0.15) is 0 Å². The van der Waals surface area contributed by atoms with E-state index in [0.717, 1.165) is 25.3 Å². The zero-order valence-electron chi connectivity index (χ0n) is 12.5. The Hall–Kier alpha value is -1.40. The number of amides is 1. The lowest BCUT2D eigenvalue weighted by molar-refractivity contribution is -0.140. The van der Waals surface area contributed by atoms with Crippen LogP contribution in [0.2, 0.25) is 0 Å². The van der Waals surface area contributed by atoms with Crippen molar-refractivity contribution in [1.29, 1.82) is 0 Å². The lowest BCUT2D eigenvalue weighted by Crippen LogP contribution is -2.44. The van der Waals surface area contributed by atoms with Crippen LogP contribution >= 0.6 is 0 Å². The van der Waals surface area contributed by atoms with Crippen molar-refractivity contribution in [3.8, 4) is 0 Å². The fourth-order valence-corrected chi connectivity index (χ4v) is 3.19. The van der Waals surface area contributed by atoms with Gasteiger partial charge in [0.25, 0.3) is 0 Å². The third kappa shape index (κ3) is 3.63. The maximum absolute atomic E-state index is 12.6.